The molecule has 9 nitrogen and oxygen atoms in total. The first-order chi connectivity index (χ1) is 19.7. The molecule has 0 aliphatic carbocycles. The number of anilines is 2. The Labute approximate surface area is 235 Å². The maximum atomic E-state index is 14.0. The van der Waals surface area contributed by atoms with Gasteiger partial charge in [0.1, 0.15) is 17.3 Å². The number of benzene rings is 1. The Morgan fingerprint density at radius 1 is 0.976 bits per heavy atom. The molecule has 2 N–H and O–H groups in total. The van der Waals surface area contributed by atoms with E-state index in [4.69, 9.17) is 0 Å². The van der Waals surface area contributed by atoms with Gasteiger partial charge in [-0.2, -0.15) is 13.2 Å². The molecule has 0 unspecified atom stereocenters. The Morgan fingerprint density at radius 3 is 2.49 bits per heavy atom. The number of aromatic nitrogens is 4. The van der Waals surface area contributed by atoms with Crippen molar-refractivity contribution in [1.29, 1.82) is 0 Å². The van der Waals surface area contributed by atoms with Crippen LogP contribution < -0.4 is 10.6 Å². The average molecular weight is 563 g/mol. The number of pyridine rings is 1. The zero-order valence-corrected chi connectivity index (χ0v) is 22.7. The topological polar surface area (TPSA) is 90.7 Å². The Balaban J connectivity index is 1.31. The summed E-state index contributed by atoms with van der Waals surface area (Å²) in [4.78, 5) is 25.6. The molecule has 0 radical (unpaired) electrons. The number of hydrogen-bond donors (Lipinski definition) is 2. The number of halogens is 3. The van der Waals surface area contributed by atoms with Crippen LogP contribution in [0.4, 0.5) is 24.8 Å². The van der Waals surface area contributed by atoms with Gasteiger partial charge in [0.15, 0.2) is 5.65 Å². The number of piperazine rings is 1. The number of nitrogens with one attached hydrogen (secondary N) is 2. The lowest BCUT2D eigenvalue weighted by Crippen LogP contribution is -2.45. The molecule has 41 heavy (non-hydrogen) atoms. The summed E-state index contributed by atoms with van der Waals surface area (Å²) in [7, 11) is 1.76. The summed E-state index contributed by atoms with van der Waals surface area (Å²) in [5.74, 6) is 6.13. The minimum Gasteiger partial charge on any atom is -0.372 e. The molecular formula is C29H29F3N8O. The van der Waals surface area contributed by atoms with Crippen molar-refractivity contribution < 1.29 is 18.0 Å². The van der Waals surface area contributed by atoms with Crippen molar-refractivity contribution in [3.05, 3.63) is 82.8 Å². The lowest BCUT2D eigenvalue weighted by molar-refractivity contribution is -0.138. The molecular weight excluding hydrogens is 533 g/mol. The monoisotopic (exact) mass is 562 g/mol. The standard InChI is InChI=1S/C29H29F3N8O/c1-3-38-12-14-39(15-13-38)19-22-6-5-21(17-24(22)29(30,31)32)28(41)36-26-16-20(10-11-34-26)4-7-23-18-35-27-9-8-25(33-2)37-40(23)27/h5-6,8-11,16-18H,3,12-15,19H2,1-2H3,(H,33,37)(H,34,36,41). The highest BCUT2D eigenvalue weighted by atomic mass is 19.4. The van der Waals surface area contributed by atoms with E-state index in [2.05, 4.69) is 49.4 Å². The first-order valence-corrected chi connectivity index (χ1v) is 13.2. The van der Waals surface area contributed by atoms with Crippen molar-refractivity contribution in [3.8, 4) is 11.8 Å². The predicted molar refractivity (Wildman–Crippen MR) is 150 cm³/mol. The molecule has 0 saturated carbocycles. The van der Waals surface area contributed by atoms with E-state index in [0.29, 0.717) is 35.8 Å². The van der Waals surface area contributed by atoms with Crippen molar-refractivity contribution in [2.24, 2.45) is 0 Å². The normalized spacial score (nSPS) is 14.5. The zero-order chi connectivity index (χ0) is 29.0. The highest BCUT2D eigenvalue weighted by Crippen LogP contribution is 2.33. The van der Waals surface area contributed by atoms with Gasteiger partial charge in [0.2, 0.25) is 0 Å². The quantitative estimate of drug-likeness (QED) is 0.344. The van der Waals surface area contributed by atoms with Crippen LogP contribution in [0.3, 0.4) is 0 Å². The van der Waals surface area contributed by atoms with Crippen molar-refractivity contribution >= 4 is 23.2 Å². The molecule has 3 aromatic heterocycles. The van der Waals surface area contributed by atoms with E-state index in [1.165, 1.54) is 18.3 Å². The molecule has 4 heterocycles. The summed E-state index contributed by atoms with van der Waals surface area (Å²) in [5.41, 5.74) is 0.986. The van der Waals surface area contributed by atoms with Crippen LogP contribution in [0.1, 0.15) is 39.7 Å². The van der Waals surface area contributed by atoms with Gasteiger partial charge in [-0.1, -0.05) is 18.9 Å². The molecule has 4 aromatic rings. The first kappa shape index (κ1) is 28.1. The third-order valence-electron chi connectivity index (χ3n) is 6.94. The largest absolute Gasteiger partial charge is 0.416 e. The maximum Gasteiger partial charge on any atom is 0.416 e. The predicted octanol–water partition coefficient (Wildman–Crippen LogP) is 3.97. The second-order valence-corrected chi connectivity index (χ2v) is 9.60. The Hall–Kier alpha value is -4.47. The number of carbonyl (C=O) groups excluding carboxylic acids is 1. The van der Waals surface area contributed by atoms with Gasteiger partial charge in [0.25, 0.3) is 5.91 Å². The molecule has 1 saturated heterocycles. The number of hydrogen-bond acceptors (Lipinski definition) is 7. The van der Waals surface area contributed by atoms with E-state index in [1.807, 2.05) is 11.0 Å². The lowest BCUT2D eigenvalue weighted by atomic mass is 10.0. The van der Waals surface area contributed by atoms with Crippen molar-refractivity contribution in [3.63, 3.8) is 0 Å². The minimum absolute atomic E-state index is 0.104. The summed E-state index contributed by atoms with van der Waals surface area (Å²) in [6.07, 6.45) is -1.52. The first-order valence-electron chi connectivity index (χ1n) is 13.2. The number of amides is 1. The van der Waals surface area contributed by atoms with Gasteiger partial charge < -0.3 is 15.5 Å². The van der Waals surface area contributed by atoms with Crippen LogP contribution in [0.25, 0.3) is 5.65 Å². The second kappa shape index (κ2) is 12.0. The van der Waals surface area contributed by atoms with Crippen molar-refractivity contribution in [2.45, 2.75) is 19.6 Å². The molecule has 212 valence electrons. The zero-order valence-electron chi connectivity index (χ0n) is 22.7. The molecule has 1 aromatic carbocycles. The van der Waals surface area contributed by atoms with Gasteiger partial charge in [0, 0.05) is 57.1 Å². The molecule has 0 bridgehead atoms. The molecule has 1 amide bonds. The summed E-state index contributed by atoms with van der Waals surface area (Å²) in [5, 5.41) is 9.96. The molecule has 12 heteroatoms. The number of rotatable bonds is 6. The van der Waals surface area contributed by atoms with E-state index >= 15 is 0 Å². The molecule has 5 rings (SSSR count). The molecule has 1 fully saturated rings. The fourth-order valence-corrected chi connectivity index (χ4v) is 4.62. The summed E-state index contributed by atoms with van der Waals surface area (Å²) in [6.45, 7) is 6.21. The summed E-state index contributed by atoms with van der Waals surface area (Å²) < 4.78 is 43.6. The molecule has 0 spiro atoms. The van der Waals surface area contributed by atoms with Gasteiger partial charge in [-0.25, -0.2) is 14.5 Å². The van der Waals surface area contributed by atoms with Crippen molar-refractivity contribution in [1.82, 2.24) is 29.4 Å². The Bertz CT molecular complexity index is 1610. The molecule has 0 atom stereocenters. The average Bonchev–Trinajstić information content (AvgIpc) is 3.38. The van der Waals surface area contributed by atoms with Gasteiger partial charge in [-0.3, -0.25) is 9.69 Å². The van der Waals surface area contributed by atoms with E-state index < -0.39 is 17.6 Å². The summed E-state index contributed by atoms with van der Waals surface area (Å²) in [6, 6.07) is 10.6. The van der Waals surface area contributed by atoms with Crippen LogP contribution in [0.15, 0.2) is 54.9 Å². The van der Waals surface area contributed by atoms with E-state index in [9.17, 15) is 18.0 Å². The fourth-order valence-electron chi connectivity index (χ4n) is 4.62. The number of nitrogens with zero attached hydrogens (tertiary/aromatic N) is 6. The number of imidazole rings is 1. The number of likely N-dealkylation sites (N-methyl/N-ethyl adjacent to an activating group) is 1. The van der Waals surface area contributed by atoms with E-state index in [0.717, 1.165) is 25.7 Å². The highest BCUT2D eigenvalue weighted by molar-refractivity contribution is 6.04. The summed E-state index contributed by atoms with van der Waals surface area (Å²) >= 11 is 0. The smallest absolute Gasteiger partial charge is 0.372 e. The van der Waals surface area contributed by atoms with Crippen LogP contribution in [-0.4, -0.2) is 75.1 Å². The highest BCUT2D eigenvalue weighted by Gasteiger charge is 2.34. The molecule has 1 aliphatic rings. The van der Waals surface area contributed by atoms with E-state index in [-0.39, 0.29) is 23.5 Å². The van der Waals surface area contributed by atoms with Crippen LogP contribution in [0.2, 0.25) is 0 Å². The second-order valence-electron chi connectivity index (χ2n) is 9.60. The Morgan fingerprint density at radius 2 is 1.76 bits per heavy atom. The van der Waals surface area contributed by atoms with Crippen molar-refractivity contribution in [2.75, 3.05) is 50.4 Å². The van der Waals surface area contributed by atoms with Gasteiger partial charge in [0.05, 0.1) is 11.8 Å². The lowest BCUT2D eigenvalue weighted by Gasteiger charge is -2.34. The van der Waals surface area contributed by atoms with Gasteiger partial charge >= 0.3 is 6.18 Å². The van der Waals surface area contributed by atoms with E-state index in [1.54, 1.807) is 36.0 Å². The molecule has 1 aliphatic heterocycles. The number of carbonyl (C=O) groups is 1. The fraction of sp³-hybridized carbons (Fsp3) is 0.310. The van der Waals surface area contributed by atoms with Crippen LogP contribution >= 0.6 is 0 Å². The van der Waals surface area contributed by atoms with Crippen LogP contribution in [-0.2, 0) is 12.7 Å². The maximum absolute atomic E-state index is 14.0. The Kier molecular flexibility index (Phi) is 8.19. The van der Waals surface area contributed by atoms with Gasteiger partial charge in [-0.15, -0.1) is 5.10 Å². The minimum atomic E-state index is -4.59. The SMILES string of the molecule is CCN1CCN(Cc2ccc(C(=O)Nc3cc(C#Cc4cnc5ccc(NC)nn45)ccn3)cc2C(F)(F)F)CC1. The number of fused-ring (bicyclic) bond motifs is 1. The third kappa shape index (κ3) is 6.65. The third-order valence-corrected chi connectivity index (χ3v) is 6.94. The van der Waals surface area contributed by atoms with Crippen LogP contribution in [0, 0.1) is 11.8 Å². The van der Waals surface area contributed by atoms with Gasteiger partial charge in [-0.05, 0) is 54.4 Å². The number of alkyl halides is 3. The van der Waals surface area contributed by atoms with Crippen LogP contribution in [0.5, 0.6) is 0 Å².